The average molecular weight is 279 g/mol. The van der Waals surface area contributed by atoms with Crippen LogP contribution in [0.15, 0.2) is 18.2 Å². The fraction of sp³-hybridized carbons (Fsp3) is 0.533. The van der Waals surface area contributed by atoms with Crippen LogP contribution in [0, 0.1) is 5.82 Å². The molecule has 1 aromatic carbocycles. The van der Waals surface area contributed by atoms with Gasteiger partial charge in [0.15, 0.2) is 0 Å². The standard InChI is InChI=1S/C15H22FN3O/c1-3-12-5-4-8-19(12)10(2)15(20)18-14-7-6-11(16)9-13(14)17/h6-7,9-10,12H,3-5,8,17H2,1-2H3,(H,18,20). The number of rotatable bonds is 4. The van der Waals surface area contributed by atoms with E-state index in [2.05, 4.69) is 17.1 Å². The van der Waals surface area contributed by atoms with Gasteiger partial charge in [0.05, 0.1) is 17.4 Å². The number of anilines is 2. The molecule has 1 aromatic rings. The quantitative estimate of drug-likeness (QED) is 0.833. The summed E-state index contributed by atoms with van der Waals surface area (Å²) in [5.74, 6) is -0.497. The molecule has 1 heterocycles. The smallest absolute Gasteiger partial charge is 0.241 e. The van der Waals surface area contributed by atoms with Gasteiger partial charge in [-0.25, -0.2) is 4.39 Å². The molecule has 1 amide bonds. The van der Waals surface area contributed by atoms with Crippen LogP contribution in [0.4, 0.5) is 15.8 Å². The predicted octanol–water partition coefficient (Wildman–Crippen LogP) is 2.61. The first kappa shape index (κ1) is 14.8. The van der Waals surface area contributed by atoms with E-state index in [1.807, 2.05) is 6.92 Å². The van der Waals surface area contributed by atoms with Crippen LogP contribution in [0.1, 0.15) is 33.1 Å². The number of amides is 1. The Morgan fingerprint density at radius 1 is 1.60 bits per heavy atom. The molecule has 5 heteroatoms. The van der Waals surface area contributed by atoms with Crippen molar-refractivity contribution in [2.75, 3.05) is 17.6 Å². The van der Waals surface area contributed by atoms with Crippen LogP contribution in [0.2, 0.25) is 0 Å². The summed E-state index contributed by atoms with van der Waals surface area (Å²) < 4.78 is 13.0. The Bertz CT molecular complexity index is 492. The van der Waals surface area contributed by atoms with E-state index in [0.29, 0.717) is 11.7 Å². The lowest BCUT2D eigenvalue weighted by Gasteiger charge is -2.29. The normalized spacial score (nSPS) is 20.9. The van der Waals surface area contributed by atoms with Gasteiger partial charge in [-0.05, 0) is 50.9 Å². The molecule has 0 aromatic heterocycles. The number of nitrogens with zero attached hydrogens (tertiary/aromatic N) is 1. The molecule has 3 N–H and O–H groups in total. The van der Waals surface area contributed by atoms with Crippen LogP contribution in [0.25, 0.3) is 0 Å². The number of nitrogens with one attached hydrogen (secondary N) is 1. The van der Waals surface area contributed by atoms with Crippen LogP contribution in [0.5, 0.6) is 0 Å². The molecule has 1 saturated heterocycles. The minimum Gasteiger partial charge on any atom is -0.397 e. The monoisotopic (exact) mass is 279 g/mol. The number of hydrogen-bond acceptors (Lipinski definition) is 3. The van der Waals surface area contributed by atoms with Crippen molar-refractivity contribution in [2.24, 2.45) is 0 Å². The molecule has 2 unspecified atom stereocenters. The van der Waals surface area contributed by atoms with E-state index in [1.165, 1.54) is 18.2 Å². The predicted molar refractivity (Wildman–Crippen MR) is 78.9 cm³/mol. The first-order valence-electron chi connectivity index (χ1n) is 7.14. The SMILES string of the molecule is CCC1CCCN1C(C)C(=O)Nc1ccc(F)cc1N. The van der Waals surface area contributed by atoms with E-state index in [-0.39, 0.29) is 17.6 Å². The van der Waals surface area contributed by atoms with Crippen LogP contribution in [-0.2, 0) is 4.79 Å². The van der Waals surface area contributed by atoms with E-state index in [4.69, 9.17) is 5.73 Å². The Balaban J connectivity index is 2.04. The number of nitrogen functional groups attached to an aromatic ring is 1. The maximum Gasteiger partial charge on any atom is 0.241 e. The molecule has 2 atom stereocenters. The topological polar surface area (TPSA) is 58.4 Å². The number of benzene rings is 1. The molecule has 4 nitrogen and oxygen atoms in total. The molecular formula is C15H22FN3O. The fourth-order valence-corrected chi connectivity index (χ4v) is 2.84. The van der Waals surface area contributed by atoms with Crippen molar-refractivity contribution in [3.05, 3.63) is 24.0 Å². The van der Waals surface area contributed by atoms with Crippen molar-refractivity contribution in [3.8, 4) is 0 Å². The zero-order valence-electron chi connectivity index (χ0n) is 12.0. The summed E-state index contributed by atoms with van der Waals surface area (Å²) in [7, 11) is 0. The fourth-order valence-electron chi connectivity index (χ4n) is 2.84. The molecule has 1 fully saturated rings. The molecule has 110 valence electrons. The lowest BCUT2D eigenvalue weighted by Crippen LogP contribution is -2.44. The van der Waals surface area contributed by atoms with E-state index < -0.39 is 5.82 Å². The van der Waals surface area contributed by atoms with Crippen molar-refractivity contribution in [3.63, 3.8) is 0 Å². The first-order valence-corrected chi connectivity index (χ1v) is 7.14. The largest absolute Gasteiger partial charge is 0.397 e. The van der Waals surface area contributed by atoms with Crippen molar-refractivity contribution in [2.45, 2.75) is 45.2 Å². The molecule has 0 aliphatic carbocycles. The highest BCUT2D eigenvalue weighted by atomic mass is 19.1. The number of hydrogen-bond donors (Lipinski definition) is 2. The summed E-state index contributed by atoms with van der Waals surface area (Å²) >= 11 is 0. The molecule has 0 spiro atoms. The third kappa shape index (κ3) is 3.10. The van der Waals surface area contributed by atoms with E-state index in [9.17, 15) is 9.18 Å². The van der Waals surface area contributed by atoms with Gasteiger partial charge in [0.1, 0.15) is 5.82 Å². The van der Waals surface area contributed by atoms with Gasteiger partial charge in [0.25, 0.3) is 0 Å². The molecule has 20 heavy (non-hydrogen) atoms. The molecule has 0 saturated carbocycles. The summed E-state index contributed by atoms with van der Waals surface area (Å²) in [5, 5.41) is 2.79. The molecule has 1 aliphatic heterocycles. The van der Waals surface area contributed by atoms with Gasteiger partial charge in [0, 0.05) is 6.04 Å². The van der Waals surface area contributed by atoms with E-state index in [1.54, 1.807) is 0 Å². The highest BCUT2D eigenvalue weighted by Crippen LogP contribution is 2.24. The Morgan fingerprint density at radius 3 is 3.00 bits per heavy atom. The van der Waals surface area contributed by atoms with Gasteiger partial charge in [-0.3, -0.25) is 9.69 Å². The summed E-state index contributed by atoms with van der Waals surface area (Å²) in [6, 6.07) is 4.27. The van der Waals surface area contributed by atoms with Crippen molar-refractivity contribution in [1.29, 1.82) is 0 Å². The van der Waals surface area contributed by atoms with Gasteiger partial charge in [-0.15, -0.1) is 0 Å². The van der Waals surface area contributed by atoms with Gasteiger partial charge < -0.3 is 11.1 Å². The second-order valence-corrected chi connectivity index (χ2v) is 5.34. The second kappa shape index (κ2) is 6.22. The third-order valence-electron chi connectivity index (χ3n) is 4.04. The molecule has 1 aliphatic rings. The zero-order chi connectivity index (χ0) is 14.7. The van der Waals surface area contributed by atoms with E-state index in [0.717, 1.165) is 25.8 Å². The third-order valence-corrected chi connectivity index (χ3v) is 4.04. The minimum absolute atomic E-state index is 0.0938. The van der Waals surface area contributed by atoms with Gasteiger partial charge >= 0.3 is 0 Å². The van der Waals surface area contributed by atoms with Crippen LogP contribution in [0.3, 0.4) is 0 Å². The number of carbonyl (C=O) groups is 1. The highest BCUT2D eigenvalue weighted by molar-refractivity contribution is 5.97. The van der Waals surface area contributed by atoms with Crippen LogP contribution >= 0.6 is 0 Å². The Hall–Kier alpha value is -1.62. The Labute approximate surface area is 119 Å². The summed E-state index contributed by atoms with van der Waals surface area (Å²) in [6.07, 6.45) is 3.33. The average Bonchev–Trinajstić information content (AvgIpc) is 2.89. The lowest BCUT2D eigenvalue weighted by molar-refractivity contribution is -0.121. The minimum atomic E-state index is -0.404. The maximum absolute atomic E-state index is 13.0. The molecule has 0 radical (unpaired) electrons. The summed E-state index contributed by atoms with van der Waals surface area (Å²) in [4.78, 5) is 14.5. The zero-order valence-corrected chi connectivity index (χ0v) is 12.0. The lowest BCUT2D eigenvalue weighted by atomic mass is 10.1. The Kier molecular flexibility index (Phi) is 4.60. The molecule has 0 bridgehead atoms. The van der Waals surface area contributed by atoms with Gasteiger partial charge in [-0.2, -0.15) is 0 Å². The van der Waals surface area contributed by atoms with Crippen LogP contribution in [-0.4, -0.2) is 29.4 Å². The van der Waals surface area contributed by atoms with Gasteiger partial charge in [0.2, 0.25) is 5.91 Å². The first-order chi connectivity index (χ1) is 9.52. The van der Waals surface area contributed by atoms with Crippen molar-refractivity contribution in [1.82, 2.24) is 4.90 Å². The molecular weight excluding hydrogens is 257 g/mol. The molecule has 2 rings (SSSR count). The number of halogens is 1. The van der Waals surface area contributed by atoms with E-state index >= 15 is 0 Å². The highest BCUT2D eigenvalue weighted by Gasteiger charge is 2.30. The Morgan fingerprint density at radius 2 is 2.35 bits per heavy atom. The van der Waals surface area contributed by atoms with Crippen molar-refractivity contribution < 1.29 is 9.18 Å². The number of nitrogens with two attached hydrogens (primary N) is 1. The summed E-state index contributed by atoms with van der Waals surface area (Å²) in [6.45, 7) is 5.00. The van der Waals surface area contributed by atoms with Crippen molar-refractivity contribution >= 4 is 17.3 Å². The van der Waals surface area contributed by atoms with Crippen LogP contribution < -0.4 is 11.1 Å². The number of carbonyl (C=O) groups excluding carboxylic acids is 1. The second-order valence-electron chi connectivity index (χ2n) is 5.34. The van der Waals surface area contributed by atoms with Gasteiger partial charge in [-0.1, -0.05) is 6.92 Å². The maximum atomic E-state index is 13.0. The number of likely N-dealkylation sites (tertiary alicyclic amines) is 1. The summed E-state index contributed by atoms with van der Waals surface area (Å²) in [5.41, 5.74) is 6.43.